The zero-order valence-electron chi connectivity index (χ0n) is 11.0. The molecule has 2 atom stereocenters. The predicted molar refractivity (Wildman–Crippen MR) is 80.8 cm³/mol. The molecule has 2 rings (SSSR count). The van der Waals surface area contributed by atoms with Crippen LogP contribution in [0.2, 0.25) is 5.02 Å². The minimum absolute atomic E-state index is 0.110. The molecule has 2 N–H and O–H groups in total. The molecule has 1 aliphatic rings. The number of rotatable bonds is 4. The van der Waals surface area contributed by atoms with Gasteiger partial charge in [0.05, 0.1) is 5.75 Å². The van der Waals surface area contributed by atoms with Gasteiger partial charge >= 0.3 is 0 Å². The lowest BCUT2D eigenvalue weighted by Gasteiger charge is -2.30. The number of hydrogen-bond donors (Lipinski definition) is 2. The molecule has 104 valence electrons. The van der Waals surface area contributed by atoms with Gasteiger partial charge in [0.25, 0.3) is 0 Å². The first kappa shape index (κ1) is 14.7. The zero-order valence-corrected chi connectivity index (χ0v) is 12.6. The molecule has 0 aromatic heterocycles. The average molecular weight is 299 g/mol. The van der Waals surface area contributed by atoms with E-state index in [2.05, 4.69) is 17.6 Å². The average Bonchev–Trinajstić information content (AvgIpc) is 2.41. The van der Waals surface area contributed by atoms with Crippen molar-refractivity contribution >= 4 is 29.3 Å². The summed E-state index contributed by atoms with van der Waals surface area (Å²) in [5.41, 5.74) is 0. The topological polar surface area (TPSA) is 41.1 Å². The molecule has 1 amide bonds. The Balaban J connectivity index is 1.76. The molecule has 1 heterocycles. The summed E-state index contributed by atoms with van der Waals surface area (Å²) < 4.78 is 0. The van der Waals surface area contributed by atoms with Gasteiger partial charge in [0.15, 0.2) is 0 Å². The van der Waals surface area contributed by atoms with Crippen LogP contribution in [0.3, 0.4) is 0 Å². The Morgan fingerprint density at radius 1 is 1.47 bits per heavy atom. The van der Waals surface area contributed by atoms with E-state index in [-0.39, 0.29) is 5.91 Å². The number of hydrogen-bond acceptors (Lipinski definition) is 3. The molecule has 2 unspecified atom stereocenters. The predicted octanol–water partition coefficient (Wildman–Crippen LogP) is 2.55. The third kappa shape index (κ3) is 4.71. The molecular formula is C14H19ClN2OS. The molecule has 0 radical (unpaired) electrons. The van der Waals surface area contributed by atoms with E-state index in [0.717, 1.165) is 29.4 Å². The number of nitrogens with one attached hydrogen (secondary N) is 2. The van der Waals surface area contributed by atoms with Crippen molar-refractivity contribution in [2.45, 2.75) is 24.3 Å². The largest absolute Gasteiger partial charge is 0.352 e. The minimum atomic E-state index is 0.110. The first-order chi connectivity index (χ1) is 9.15. The lowest BCUT2D eigenvalue weighted by molar-refractivity contribution is -0.119. The molecular weight excluding hydrogens is 280 g/mol. The Morgan fingerprint density at radius 3 is 2.89 bits per heavy atom. The standard InChI is InChI=1S/C14H19ClN2OS/c1-10-8-16-7-6-13(10)17-14(18)9-19-12-4-2-11(15)3-5-12/h2-5,10,13,16H,6-9H2,1H3,(H,17,18). The quantitative estimate of drug-likeness (QED) is 0.840. The SMILES string of the molecule is CC1CNCCC1NC(=O)CSc1ccc(Cl)cc1. The van der Waals surface area contributed by atoms with E-state index in [1.807, 2.05) is 24.3 Å². The van der Waals surface area contributed by atoms with Gasteiger partial charge in [-0.25, -0.2) is 0 Å². The Hall–Kier alpha value is -0.710. The second kappa shape index (κ2) is 7.17. The van der Waals surface area contributed by atoms with Gasteiger partial charge in [-0.2, -0.15) is 0 Å². The van der Waals surface area contributed by atoms with E-state index in [1.165, 1.54) is 0 Å². The first-order valence-corrected chi connectivity index (χ1v) is 7.90. The lowest BCUT2D eigenvalue weighted by atomic mass is 9.95. The van der Waals surface area contributed by atoms with Gasteiger partial charge in [-0.15, -0.1) is 11.8 Å². The lowest BCUT2D eigenvalue weighted by Crippen LogP contribution is -2.48. The minimum Gasteiger partial charge on any atom is -0.352 e. The molecule has 0 bridgehead atoms. The summed E-state index contributed by atoms with van der Waals surface area (Å²) in [6.45, 7) is 4.14. The van der Waals surface area contributed by atoms with Crippen molar-refractivity contribution in [2.24, 2.45) is 5.92 Å². The highest BCUT2D eigenvalue weighted by Crippen LogP contribution is 2.20. The fourth-order valence-corrected chi connectivity index (χ4v) is 2.99. The van der Waals surface area contributed by atoms with Gasteiger partial charge in [0, 0.05) is 16.0 Å². The zero-order chi connectivity index (χ0) is 13.7. The van der Waals surface area contributed by atoms with Crippen molar-refractivity contribution in [3.63, 3.8) is 0 Å². The van der Waals surface area contributed by atoms with Crippen LogP contribution in [-0.4, -0.2) is 30.8 Å². The summed E-state index contributed by atoms with van der Waals surface area (Å²) in [5, 5.41) is 7.18. The second-order valence-corrected chi connectivity index (χ2v) is 6.37. The van der Waals surface area contributed by atoms with Crippen molar-refractivity contribution in [3.05, 3.63) is 29.3 Å². The molecule has 1 aliphatic heterocycles. The van der Waals surface area contributed by atoms with Crippen LogP contribution in [0.1, 0.15) is 13.3 Å². The Morgan fingerprint density at radius 2 is 2.21 bits per heavy atom. The normalized spacial score (nSPS) is 23.1. The molecule has 0 aliphatic carbocycles. The maximum absolute atomic E-state index is 11.9. The first-order valence-electron chi connectivity index (χ1n) is 6.53. The Kier molecular flexibility index (Phi) is 5.55. The molecule has 1 aromatic carbocycles. The van der Waals surface area contributed by atoms with Crippen LogP contribution in [0.4, 0.5) is 0 Å². The number of piperidine rings is 1. The highest BCUT2D eigenvalue weighted by molar-refractivity contribution is 8.00. The summed E-state index contributed by atoms with van der Waals surface area (Å²) in [4.78, 5) is 13.0. The van der Waals surface area contributed by atoms with Gasteiger partial charge in [0.1, 0.15) is 0 Å². The smallest absolute Gasteiger partial charge is 0.230 e. The molecule has 1 fully saturated rings. The summed E-state index contributed by atoms with van der Waals surface area (Å²) in [7, 11) is 0. The highest BCUT2D eigenvalue weighted by Gasteiger charge is 2.22. The van der Waals surface area contributed by atoms with Gasteiger partial charge in [-0.05, 0) is 49.7 Å². The van der Waals surface area contributed by atoms with Gasteiger partial charge in [0.2, 0.25) is 5.91 Å². The Labute approximate surface area is 123 Å². The second-order valence-electron chi connectivity index (χ2n) is 4.89. The van der Waals surface area contributed by atoms with Crippen LogP contribution in [0, 0.1) is 5.92 Å². The maximum atomic E-state index is 11.9. The highest BCUT2D eigenvalue weighted by atomic mass is 35.5. The van der Waals surface area contributed by atoms with Crippen LogP contribution >= 0.6 is 23.4 Å². The summed E-state index contributed by atoms with van der Waals surface area (Å²) in [6.07, 6.45) is 1.01. The summed E-state index contributed by atoms with van der Waals surface area (Å²) >= 11 is 7.37. The van der Waals surface area contributed by atoms with Crippen molar-refractivity contribution in [2.75, 3.05) is 18.8 Å². The van der Waals surface area contributed by atoms with Crippen molar-refractivity contribution in [3.8, 4) is 0 Å². The van der Waals surface area contributed by atoms with Crippen LogP contribution < -0.4 is 10.6 Å². The van der Waals surface area contributed by atoms with Crippen molar-refractivity contribution < 1.29 is 4.79 Å². The van der Waals surface area contributed by atoms with Crippen molar-refractivity contribution in [1.82, 2.24) is 10.6 Å². The van der Waals surface area contributed by atoms with E-state index in [1.54, 1.807) is 11.8 Å². The van der Waals surface area contributed by atoms with Crippen LogP contribution in [-0.2, 0) is 4.79 Å². The third-order valence-electron chi connectivity index (χ3n) is 3.32. The van der Waals surface area contributed by atoms with Gasteiger partial charge in [-0.1, -0.05) is 18.5 Å². The number of thioether (sulfide) groups is 1. The fourth-order valence-electron chi connectivity index (χ4n) is 2.16. The summed E-state index contributed by atoms with van der Waals surface area (Å²) in [5.74, 6) is 1.06. The van der Waals surface area contributed by atoms with Crippen LogP contribution in [0.25, 0.3) is 0 Å². The number of benzene rings is 1. The molecule has 19 heavy (non-hydrogen) atoms. The maximum Gasteiger partial charge on any atom is 0.230 e. The molecule has 1 saturated heterocycles. The number of amides is 1. The van der Waals surface area contributed by atoms with E-state index in [9.17, 15) is 4.79 Å². The molecule has 1 aromatic rings. The van der Waals surface area contributed by atoms with E-state index >= 15 is 0 Å². The molecule has 5 heteroatoms. The fraction of sp³-hybridized carbons (Fsp3) is 0.500. The van der Waals surface area contributed by atoms with E-state index in [0.29, 0.717) is 17.7 Å². The molecule has 3 nitrogen and oxygen atoms in total. The molecule has 0 spiro atoms. The summed E-state index contributed by atoms with van der Waals surface area (Å²) in [6, 6.07) is 7.87. The monoisotopic (exact) mass is 298 g/mol. The van der Waals surface area contributed by atoms with Crippen molar-refractivity contribution in [1.29, 1.82) is 0 Å². The van der Waals surface area contributed by atoms with Crippen LogP contribution in [0.15, 0.2) is 29.2 Å². The van der Waals surface area contributed by atoms with Gasteiger partial charge in [-0.3, -0.25) is 4.79 Å². The van der Waals surface area contributed by atoms with Crippen LogP contribution in [0.5, 0.6) is 0 Å². The van der Waals surface area contributed by atoms with Gasteiger partial charge < -0.3 is 10.6 Å². The van der Waals surface area contributed by atoms with E-state index < -0.39 is 0 Å². The molecule has 0 saturated carbocycles. The van der Waals surface area contributed by atoms with E-state index in [4.69, 9.17) is 11.6 Å². The third-order valence-corrected chi connectivity index (χ3v) is 4.58. The Bertz CT molecular complexity index is 424. The number of carbonyl (C=O) groups is 1. The number of halogens is 1. The number of carbonyl (C=O) groups excluding carboxylic acids is 1.